The molecule has 1 unspecified atom stereocenters. The topological polar surface area (TPSA) is 41.1 Å². The molecule has 3 nitrogen and oxygen atoms in total. The van der Waals surface area contributed by atoms with Crippen LogP contribution in [0.25, 0.3) is 0 Å². The van der Waals surface area contributed by atoms with Gasteiger partial charge < -0.3 is 10.6 Å². The van der Waals surface area contributed by atoms with E-state index in [9.17, 15) is 4.79 Å². The first-order valence-corrected chi connectivity index (χ1v) is 6.97. The number of thioether (sulfide) groups is 1. The molecule has 86 valence electrons. The highest BCUT2D eigenvalue weighted by molar-refractivity contribution is 8.00. The molecule has 2 aliphatic rings. The van der Waals surface area contributed by atoms with Crippen LogP contribution < -0.4 is 10.6 Å². The van der Waals surface area contributed by atoms with Crippen molar-refractivity contribution in [1.82, 2.24) is 10.6 Å². The number of rotatable bonds is 6. The van der Waals surface area contributed by atoms with Gasteiger partial charge in [-0.1, -0.05) is 0 Å². The number of carbonyl (C=O) groups is 1. The minimum Gasteiger partial charge on any atom is -0.352 e. The fourth-order valence-corrected chi connectivity index (χ4v) is 2.32. The lowest BCUT2D eigenvalue weighted by atomic mass is 10.3. The zero-order chi connectivity index (χ0) is 10.9. The molecule has 2 N–H and O–H groups in total. The number of hydrogen-bond acceptors (Lipinski definition) is 3. The van der Waals surface area contributed by atoms with Gasteiger partial charge in [0.25, 0.3) is 0 Å². The molecule has 0 bridgehead atoms. The number of hydrogen-bond donors (Lipinski definition) is 2. The minimum absolute atomic E-state index is 0.0461. The molecule has 4 heteroatoms. The Kier molecular flexibility index (Phi) is 3.26. The summed E-state index contributed by atoms with van der Waals surface area (Å²) in [6.45, 7) is 2.92. The quantitative estimate of drug-likeness (QED) is 0.716. The second-order valence-electron chi connectivity index (χ2n) is 4.77. The number of nitrogens with one attached hydrogen (secondary N) is 2. The lowest BCUT2D eigenvalue weighted by Gasteiger charge is -2.18. The van der Waals surface area contributed by atoms with Crippen LogP contribution in [-0.4, -0.2) is 35.5 Å². The monoisotopic (exact) mass is 228 g/mol. The first-order valence-electron chi connectivity index (χ1n) is 5.74. The maximum Gasteiger partial charge on any atom is 0.237 e. The van der Waals surface area contributed by atoms with Crippen molar-refractivity contribution in [2.75, 3.05) is 12.8 Å². The lowest BCUT2D eigenvalue weighted by molar-refractivity contribution is -0.122. The second-order valence-corrected chi connectivity index (χ2v) is 6.05. The highest BCUT2D eigenvalue weighted by Crippen LogP contribution is 2.46. The van der Waals surface area contributed by atoms with Crippen molar-refractivity contribution >= 4 is 17.7 Å². The summed E-state index contributed by atoms with van der Waals surface area (Å²) < 4.78 is 0.439. The summed E-state index contributed by atoms with van der Waals surface area (Å²) in [5, 5.41) is 6.36. The van der Waals surface area contributed by atoms with Crippen LogP contribution in [0.5, 0.6) is 0 Å². The summed E-state index contributed by atoms with van der Waals surface area (Å²) in [5.41, 5.74) is 0. The van der Waals surface area contributed by atoms with Crippen LogP contribution in [0.3, 0.4) is 0 Å². The molecule has 0 aliphatic heterocycles. The molecule has 15 heavy (non-hydrogen) atoms. The molecule has 0 saturated heterocycles. The summed E-state index contributed by atoms with van der Waals surface area (Å²) >= 11 is 1.92. The van der Waals surface area contributed by atoms with Gasteiger partial charge in [-0.2, -0.15) is 11.8 Å². The van der Waals surface area contributed by atoms with E-state index in [2.05, 4.69) is 16.9 Å². The zero-order valence-electron chi connectivity index (χ0n) is 9.51. The summed E-state index contributed by atoms with van der Waals surface area (Å²) in [4.78, 5) is 11.6. The van der Waals surface area contributed by atoms with Gasteiger partial charge in [0.2, 0.25) is 5.91 Å². The first kappa shape index (κ1) is 11.3. The van der Waals surface area contributed by atoms with Crippen LogP contribution in [0.2, 0.25) is 0 Å². The molecule has 2 fully saturated rings. The van der Waals surface area contributed by atoms with Crippen LogP contribution >= 0.6 is 11.8 Å². The van der Waals surface area contributed by atoms with Gasteiger partial charge in [0, 0.05) is 17.3 Å². The van der Waals surface area contributed by atoms with Crippen molar-refractivity contribution in [3.8, 4) is 0 Å². The molecule has 0 spiro atoms. The van der Waals surface area contributed by atoms with Gasteiger partial charge in [0.15, 0.2) is 0 Å². The molecular formula is C11H20N2OS. The average molecular weight is 228 g/mol. The van der Waals surface area contributed by atoms with E-state index in [-0.39, 0.29) is 11.9 Å². The summed E-state index contributed by atoms with van der Waals surface area (Å²) in [7, 11) is 0. The van der Waals surface area contributed by atoms with Crippen molar-refractivity contribution in [3.05, 3.63) is 0 Å². The highest BCUT2D eigenvalue weighted by atomic mass is 32.2. The van der Waals surface area contributed by atoms with Crippen molar-refractivity contribution in [1.29, 1.82) is 0 Å². The van der Waals surface area contributed by atoms with Crippen molar-refractivity contribution < 1.29 is 4.79 Å². The minimum atomic E-state index is -0.0461. The molecule has 0 heterocycles. The van der Waals surface area contributed by atoms with Gasteiger partial charge >= 0.3 is 0 Å². The Morgan fingerprint density at radius 2 is 2.20 bits per heavy atom. The van der Waals surface area contributed by atoms with Gasteiger partial charge in [-0.05, 0) is 38.9 Å². The lowest BCUT2D eigenvalue weighted by Crippen LogP contribution is -2.45. The van der Waals surface area contributed by atoms with E-state index in [0.29, 0.717) is 10.8 Å². The second kappa shape index (κ2) is 4.34. The number of carbonyl (C=O) groups excluding carboxylic acids is 1. The van der Waals surface area contributed by atoms with Crippen molar-refractivity contribution in [2.24, 2.45) is 0 Å². The molecule has 0 aromatic heterocycles. The molecule has 2 aliphatic carbocycles. The Balaban J connectivity index is 1.66. The average Bonchev–Trinajstić information content (AvgIpc) is 3.10. The molecule has 0 aromatic carbocycles. The van der Waals surface area contributed by atoms with Crippen LogP contribution in [0.15, 0.2) is 0 Å². The highest BCUT2D eigenvalue weighted by Gasteiger charge is 2.42. The smallest absolute Gasteiger partial charge is 0.237 e. The van der Waals surface area contributed by atoms with Gasteiger partial charge in [-0.25, -0.2) is 0 Å². The largest absolute Gasteiger partial charge is 0.352 e. The van der Waals surface area contributed by atoms with Gasteiger partial charge in [-0.3, -0.25) is 4.79 Å². The molecule has 1 atom stereocenters. The van der Waals surface area contributed by atoms with Gasteiger partial charge in [0.05, 0.1) is 6.04 Å². The van der Waals surface area contributed by atoms with Gasteiger partial charge in [0.1, 0.15) is 0 Å². The third-order valence-corrected chi connectivity index (χ3v) is 4.71. The predicted molar refractivity (Wildman–Crippen MR) is 64.1 cm³/mol. The predicted octanol–water partition coefficient (Wildman–Crippen LogP) is 1.14. The molecular weight excluding hydrogens is 208 g/mol. The van der Waals surface area contributed by atoms with Gasteiger partial charge in [-0.15, -0.1) is 0 Å². The standard InChI is InChI=1S/C11H20N2OS/c1-8(10(14)13-9-3-4-9)12-7-11(15-2)5-6-11/h8-9,12H,3-7H2,1-2H3,(H,13,14). The van der Waals surface area contributed by atoms with Crippen LogP contribution in [0, 0.1) is 0 Å². The Bertz CT molecular complexity index is 249. The van der Waals surface area contributed by atoms with E-state index >= 15 is 0 Å². The Labute approximate surface area is 95.8 Å². The molecule has 1 amide bonds. The van der Waals surface area contributed by atoms with E-state index in [0.717, 1.165) is 19.4 Å². The zero-order valence-corrected chi connectivity index (χ0v) is 10.3. The molecule has 2 saturated carbocycles. The van der Waals surface area contributed by atoms with Crippen LogP contribution in [0.4, 0.5) is 0 Å². The van der Waals surface area contributed by atoms with E-state index < -0.39 is 0 Å². The third-order valence-electron chi connectivity index (χ3n) is 3.29. The van der Waals surface area contributed by atoms with E-state index in [1.54, 1.807) is 0 Å². The summed E-state index contributed by atoms with van der Waals surface area (Å²) in [6.07, 6.45) is 7.06. The van der Waals surface area contributed by atoms with E-state index in [4.69, 9.17) is 0 Å². The summed E-state index contributed by atoms with van der Waals surface area (Å²) in [6, 6.07) is 0.424. The first-order chi connectivity index (χ1) is 7.15. The Morgan fingerprint density at radius 1 is 1.53 bits per heavy atom. The Morgan fingerprint density at radius 3 is 2.67 bits per heavy atom. The fraction of sp³-hybridized carbons (Fsp3) is 0.909. The normalized spacial score (nSPS) is 24.7. The van der Waals surface area contributed by atoms with Crippen LogP contribution in [-0.2, 0) is 4.79 Å². The van der Waals surface area contributed by atoms with Crippen molar-refractivity contribution in [3.63, 3.8) is 0 Å². The molecule has 0 aromatic rings. The van der Waals surface area contributed by atoms with Crippen molar-refractivity contribution in [2.45, 2.75) is 49.4 Å². The third kappa shape index (κ3) is 3.11. The van der Waals surface area contributed by atoms with E-state index in [1.165, 1.54) is 12.8 Å². The Hall–Kier alpha value is -0.220. The SMILES string of the molecule is CSC1(CNC(C)C(=O)NC2CC2)CC1. The van der Waals surface area contributed by atoms with E-state index in [1.807, 2.05) is 18.7 Å². The summed E-state index contributed by atoms with van der Waals surface area (Å²) in [5.74, 6) is 0.161. The molecule has 0 radical (unpaired) electrons. The maximum absolute atomic E-state index is 11.6. The van der Waals surface area contributed by atoms with Crippen LogP contribution in [0.1, 0.15) is 32.6 Å². The number of amides is 1. The maximum atomic E-state index is 11.6. The molecule has 2 rings (SSSR count). The fourth-order valence-electron chi connectivity index (χ4n) is 1.58.